The molecule has 4 nitrogen and oxygen atoms in total. The van der Waals surface area contributed by atoms with Gasteiger partial charge in [-0.2, -0.15) is 0 Å². The van der Waals surface area contributed by atoms with Gasteiger partial charge < -0.3 is 15.8 Å². The highest BCUT2D eigenvalue weighted by Crippen LogP contribution is 2.10. The molecule has 19 heavy (non-hydrogen) atoms. The van der Waals surface area contributed by atoms with Crippen LogP contribution in [-0.4, -0.2) is 25.7 Å². The molecule has 0 radical (unpaired) electrons. The highest BCUT2D eigenvalue weighted by Gasteiger charge is 2.06. The van der Waals surface area contributed by atoms with E-state index in [1.54, 1.807) is 6.07 Å². The molecule has 0 fully saturated rings. The number of nitrogens with two attached hydrogens (primary N) is 1. The lowest BCUT2D eigenvalue weighted by Gasteiger charge is -2.08. The summed E-state index contributed by atoms with van der Waals surface area (Å²) in [7, 11) is 0. The molecule has 106 valence electrons. The van der Waals surface area contributed by atoms with Gasteiger partial charge in [0.15, 0.2) is 0 Å². The minimum absolute atomic E-state index is 0.108. The summed E-state index contributed by atoms with van der Waals surface area (Å²) in [5, 5.41) is 2.82. The molecule has 4 heteroatoms. The van der Waals surface area contributed by atoms with Gasteiger partial charge in [-0.1, -0.05) is 13.8 Å². The summed E-state index contributed by atoms with van der Waals surface area (Å²) in [5.41, 5.74) is 7.91. The number of carbonyl (C=O) groups excluding carboxylic acids is 1. The van der Waals surface area contributed by atoms with Gasteiger partial charge in [-0.25, -0.2) is 0 Å². The molecule has 0 heterocycles. The van der Waals surface area contributed by atoms with E-state index in [0.717, 1.165) is 18.6 Å². The Labute approximate surface area is 115 Å². The maximum Gasteiger partial charge on any atom is 0.251 e. The molecule has 1 aromatic rings. The molecule has 0 saturated carbocycles. The van der Waals surface area contributed by atoms with Crippen LogP contribution >= 0.6 is 0 Å². The van der Waals surface area contributed by atoms with Crippen molar-refractivity contribution in [3.63, 3.8) is 0 Å². The van der Waals surface area contributed by atoms with E-state index in [1.807, 2.05) is 19.1 Å². The lowest BCUT2D eigenvalue weighted by atomic mass is 10.1. The van der Waals surface area contributed by atoms with Crippen LogP contribution in [0.15, 0.2) is 18.2 Å². The van der Waals surface area contributed by atoms with Crippen LogP contribution in [0.5, 0.6) is 0 Å². The molecule has 0 aromatic heterocycles. The summed E-state index contributed by atoms with van der Waals surface area (Å²) in [5.74, 6) is 0.535. The summed E-state index contributed by atoms with van der Waals surface area (Å²) in [6.45, 7) is 8.04. The molecule has 0 atom stereocenters. The molecular weight excluding hydrogens is 240 g/mol. The van der Waals surface area contributed by atoms with Crippen molar-refractivity contribution in [3.05, 3.63) is 29.3 Å². The monoisotopic (exact) mass is 264 g/mol. The molecule has 0 bridgehead atoms. The minimum Gasteiger partial charge on any atom is -0.399 e. The molecule has 0 aliphatic heterocycles. The Bertz CT molecular complexity index is 396. The van der Waals surface area contributed by atoms with Crippen LogP contribution in [0.2, 0.25) is 0 Å². The summed E-state index contributed by atoms with van der Waals surface area (Å²) >= 11 is 0. The molecule has 3 N–H and O–H groups in total. The zero-order valence-corrected chi connectivity index (χ0v) is 12.0. The standard InChI is InChI=1S/C15H24N2O2/c1-11(2)4-6-19-7-5-17-15(18)13-8-12(3)9-14(16)10-13/h8-11H,4-7,16H2,1-3H3,(H,17,18). The number of amides is 1. The average molecular weight is 264 g/mol. The smallest absolute Gasteiger partial charge is 0.251 e. The Hall–Kier alpha value is -1.55. The van der Waals surface area contributed by atoms with E-state index < -0.39 is 0 Å². The maximum absolute atomic E-state index is 11.9. The third kappa shape index (κ3) is 6.25. The Kier molecular flexibility index (Phi) is 6.36. The zero-order chi connectivity index (χ0) is 14.3. The van der Waals surface area contributed by atoms with Crippen LogP contribution in [-0.2, 0) is 4.74 Å². The van der Waals surface area contributed by atoms with Gasteiger partial charge in [-0.15, -0.1) is 0 Å². The highest BCUT2D eigenvalue weighted by atomic mass is 16.5. The minimum atomic E-state index is -0.108. The number of nitrogen functional groups attached to an aromatic ring is 1. The second-order valence-electron chi connectivity index (χ2n) is 5.18. The van der Waals surface area contributed by atoms with Gasteiger partial charge in [0, 0.05) is 24.4 Å². The zero-order valence-electron chi connectivity index (χ0n) is 12.0. The number of benzene rings is 1. The number of aryl methyl sites for hydroxylation is 1. The fraction of sp³-hybridized carbons (Fsp3) is 0.533. The quantitative estimate of drug-likeness (QED) is 0.587. The molecular formula is C15H24N2O2. The Morgan fingerprint density at radius 3 is 2.68 bits per heavy atom. The predicted octanol–water partition coefficient (Wildman–Crippen LogP) is 2.37. The van der Waals surface area contributed by atoms with E-state index in [4.69, 9.17) is 10.5 Å². The van der Waals surface area contributed by atoms with Gasteiger partial charge in [0.05, 0.1) is 6.61 Å². The van der Waals surface area contributed by atoms with Crippen LogP contribution in [0, 0.1) is 12.8 Å². The normalized spacial score (nSPS) is 10.7. The van der Waals surface area contributed by atoms with Crippen LogP contribution in [0.25, 0.3) is 0 Å². The summed E-state index contributed by atoms with van der Waals surface area (Å²) in [6, 6.07) is 5.35. The summed E-state index contributed by atoms with van der Waals surface area (Å²) in [4.78, 5) is 11.9. The number of carbonyl (C=O) groups is 1. The Balaban J connectivity index is 2.27. The van der Waals surface area contributed by atoms with E-state index in [2.05, 4.69) is 19.2 Å². The van der Waals surface area contributed by atoms with Crippen LogP contribution in [0.1, 0.15) is 36.2 Å². The first-order valence-corrected chi connectivity index (χ1v) is 6.72. The van der Waals surface area contributed by atoms with Crippen molar-refractivity contribution in [2.75, 3.05) is 25.5 Å². The number of hydrogen-bond acceptors (Lipinski definition) is 3. The van der Waals surface area contributed by atoms with E-state index in [0.29, 0.717) is 30.3 Å². The van der Waals surface area contributed by atoms with Crippen molar-refractivity contribution in [1.82, 2.24) is 5.32 Å². The molecule has 0 unspecified atom stereocenters. The number of rotatable bonds is 7. The third-order valence-corrected chi connectivity index (χ3v) is 2.73. The van der Waals surface area contributed by atoms with E-state index in [9.17, 15) is 4.79 Å². The molecule has 0 aliphatic carbocycles. The van der Waals surface area contributed by atoms with Gasteiger partial charge in [0.1, 0.15) is 0 Å². The second kappa shape index (κ2) is 7.79. The van der Waals surface area contributed by atoms with E-state index >= 15 is 0 Å². The average Bonchev–Trinajstić information content (AvgIpc) is 2.31. The molecule has 1 amide bonds. The number of anilines is 1. The molecule has 1 rings (SSSR count). The van der Waals surface area contributed by atoms with Crippen molar-refractivity contribution in [2.24, 2.45) is 5.92 Å². The topological polar surface area (TPSA) is 64.4 Å². The van der Waals surface area contributed by atoms with Crippen LogP contribution in [0.3, 0.4) is 0 Å². The van der Waals surface area contributed by atoms with E-state index in [1.165, 1.54) is 0 Å². The first-order valence-electron chi connectivity index (χ1n) is 6.72. The first-order chi connectivity index (χ1) is 8.99. The lowest BCUT2D eigenvalue weighted by Crippen LogP contribution is -2.27. The number of hydrogen-bond donors (Lipinski definition) is 2. The van der Waals surface area contributed by atoms with Gasteiger partial charge in [-0.3, -0.25) is 4.79 Å². The summed E-state index contributed by atoms with van der Waals surface area (Å²) < 4.78 is 5.44. The molecule has 0 spiro atoms. The third-order valence-electron chi connectivity index (χ3n) is 2.73. The van der Waals surface area contributed by atoms with Crippen molar-refractivity contribution in [1.29, 1.82) is 0 Å². The highest BCUT2D eigenvalue weighted by molar-refractivity contribution is 5.95. The Morgan fingerprint density at radius 1 is 1.32 bits per heavy atom. The van der Waals surface area contributed by atoms with E-state index in [-0.39, 0.29) is 5.91 Å². The largest absolute Gasteiger partial charge is 0.399 e. The predicted molar refractivity (Wildman–Crippen MR) is 78.2 cm³/mol. The first kappa shape index (κ1) is 15.5. The van der Waals surface area contributed by atoms with Gasteiger partial charge >= 0.3 is 0 Å². The van der Waals surface area contributed by atoms with Crippen molar-refractivity contribution in [3.8, 4) is 0 Å². The van der Waals surface area contributed by atoms with Gasteiger partial charge in [0.25, 0.3) is 5.91 Å². The van der Waals surface area contributed by atoms with Gasteiger partial charge in [-0.05, 0) is 43.0 Å². The van der Waals surface area contributed by atoms with Gasteiger partial charge in [0.2, 0.25) is 0 Å². The van der Waals surface area contributed by atoms with Crippen molar-refractivity contribution < 1.29 is 9.53 Å². The van der Waals surface area contributed by atoms with Crippen LogP contribution < -0.4 is 11.1 Å². The maximum atomic E-state index is 11.9. The fourth-order valence-corrected chi connectivity index (χ4v) is 1.70. The van der Waals surface area contributed by atoms with Crippen LogP contribution in [0.4, 0.5) is 5.69 Å². The number of nitrogens with one attached hydrogen (secondary N) is 1. The molecule has 0 saturated heterocycles. The SMILES string of the molecule is Cc1cc(N)cc(C(=O)NCCOCCC(C)C)c1. The van der Waals surface area contributed by atoms with Crippen molar-refractivity contribution in [2.45, 2.75) is 27.2 Å². The lowest BCUT2D eigenvalue weighted by molar-refractivity contribution is 0.0906. The fourth-order valence-electron chi connectivity index (χ4n) is 1.70. The summed E-state index contributed by atoms with van der Waals surface area (Å²) in [6.07, 6.45) is 1.04. The molecule has 0 aliphatic rings. The Morgan fingerprint density at radius 2 is 2.05 bits per heavy atom. The second-order valence-corrected chi connectivity index (χ2v) is 5.18. The van der Waals surface area contributed by atoms with Crippen molar-refractivity contribution >= 4 is 11.6 Å². The number of ether oxygens (including phenoxy) is 1. The molecule has 1 aromatic carbocycles.